The van der Waals surface area contributed by atoms with E-state index in [-0.39, 0.29) is 39.7 Å². The van der Waals surface area contributed by atoms with Gasteiger partial charge in [-0.15, -0.1) is 78.4 Å². The van der Waals surface area contributed by atoms with Crippen LogP contribution in [0.25, 0.3) is 21.9 Å². The SMILES string of the molecule is CC1=[C-]C(C)C(C)=C1C.Cc1cc(C)c(-c2c[cH-]c3ccccc23)cc1C.Cl.Cl.[CH3-].[CH3-].[Si]=[Zr]. The summed E-state index contributed by atoms with van der Waals surface area (Å²) in [6, 6.07) is 17.6. The van der Waals surface area contributed by atoms with Crippen LogP contribution in [0.4, 0.5) is 0 Å². The van der Waals surface area contributed by atoms with Crippen LogP contribution in [-0.4, -0.2) is 6.88 Å². The Morgan fingerprint density at radius 2 is 1.36 bits per heavy atom. The molecule has 0 fully saturated rings. The number of aryl methyl sites for hydroxylation is 3. The van der Waals surface area contributed by atoms with Gasteiger partial charge >= 0.3 is 30.2 Å². The van der Waals surface area contributed by atoms with E-state index in [2.05, 4.69) is 110 Å². The Morgan fingerprint density at radius 1 is 0.818 bits per heavy atom. The predicted molar refractivity (Wildman–Crippen MR) is 152 cm³/mol. The minimum atomic E-state index is 0. The molecule has 3 aromatic rings. The van der Waals surface area contributed by atoms with Crippen LogP contribution in [-0.2, 0) is 23.3 Å². The van der Waals surface area contributed by atoms with E-state index in [1.165, 1.54) is 78.6 Å². The summed E-state index contributed by atoms with van der Waals surface area (Å²) in [5.41, 5.74) is 11.0. The molecule has 1 unspecified atom stereocenters. The summed E-state index contributed by atoms with van der Waals surface area (Å²) in [7, 11) is 0. The maximum absolute atomic E-state index is 3.36. The summed E-state index contributed by atoms with van der Waals surface area (Å²) in [5.74, 6) is 0.560. The number of rotatable bonds is 1. The van der Waals surface area contributed by atoms with Crippen molar-refractivity contribution in [2.75, 3.05) is 0 Å². The Morgan fingerprint density at radius 3 is 1.85 bits per heavy atom. The Bertz CT molecular complexity index is 1080. The van der Waals surface area contributed by atoms with Gasteiger partial charge < -0.3 is 14.9 Å². The average Bonchev–Trinajstić information content (AvgIpc) is 3.24. The first-order chi connectivity index (χ1) is 13.8. The molecule has 0 amide bonds. The predicted octanol–water partition coefficient (Wildman–Crippen LogP) is 9.23. The molecule has 0 aliphatic heterocycles. The molecule has 180 valence electrons. The zero-order valence-corrected chi connectivity index (χ0v) is 26.6. The van der Waals surface area contributed by atoms with Gasteiger partial charge in [0, 0.05) is 0 Å². The van der Waals surface area contributed by atoms with Crippen LogP contribution < -0.4 is 0 Å². The van der Waals surface area contributed by atoms with Gasteiger partial charge in [0.05, 0.1) is 0 Å². The standard InChI is InChI=1S/C18H17.C9H13.2CH3.2ClH.Si.Zr/c1-12-10-14(3)18(11-13(12)2)17-9-8-15-6-4-5-7-16(15)17;1-6-5-7(2)9(4)8(6)3;;;;;;/h4-11H,1-3H3;6H,1-4H3;2*1H3;2*1H;;/q4*-1;;;;. The fraction of sp³-hybridized carbons (Fsp3) is 0.276. The molecular formula is C29H38Cl2SiZr-4. The Kier molecular flexibility index (Phi) is 18.7. The summed E-state index contributed by atoms with van der Waals surface area (Å²) in [6.45, 7) is 18.3. The van der Waals surface area contributed by atoms with Crippen LogP contribution in [0.1, 0.15) is 44.4 Å². The first kappa shape index (κ1) is 36.8. The van der Waals surface area contributed by atoms with Gasteiger partial charge in [-0.3, -0.25) is 6.08 Å². The normalized spacial score (nSPS) is 13.5. The second kappa shape index (κ2) is 16.8. The zero-order chi connectivity index (χ0) is 21.7. The van der Waals surface area contributed by atoms with Gasteiger partial charge in [-0.1, -0.05) is 56.0 Å². The van der Waals surface area contributed by atoms with Crippen molar-refractivity contribution in [3.05, 3.63) is 103 Å². The van der Waals surface area contributed by atoms with Gasteiger partial charge in [-0.25, -0.2) is 5.57 Å². The second-order valence-corrected chi connectivity index (χ2v) is 7.88. The first-order valence-corrected chi connectivity index (χ1v) is 14.2. The quantitative estimate of drug-likeness (QED) is 0.200. The molecule has 4 rings (SSSR count). The van der Waals surface area contributed by atoms with Gasteiger partial charge in [-0.2, -0.15) is 11.1 Å². The molecule has 0 N–H and O–H groups in total. The molecule has 1 aliphatic rings. The first-order valence-electron chi connectivity index (χ1n) is 10.0. The molecule has 4 heteroatoms. The molecule has 3 aromatic carbocycles. The Hall–Kier alpha value is -0.790. The van der Waals surface area contributed by atoms with Crippen molar-refractivity contribution >= 4 is 42.5 Å². The van der Waals surface area contributed by atoms with Crippen molar-refractivity contribution in [1.29, 1.82) is 0 Å². The molecular weight excluding hydrogens is 539 g/mol. The van der Waals surface area contributed by atoms with E-state index in [0.29, 0.717) is 5.92 Å². The van der Waals surface area contributed by atoms with Gasteiger partial charge in [-0.05, 0) is 31.9 Å². The number of allylic oxidation sites excluding steroid dienone is 4. The van der Waals surface area contributed by atoms with Crippen LogP contribution in [0.3, 0.4) is 0 Å². The molecule has 0 spiro atoms. The second-order valence-electron chi connectivity index (χ2n) is 7.88. The van der Waals surface area contributed by atoms with Crippen molar-refractivity contribution in [3.8, 4) is 11.1 Å². The fourth-order valence-corrected chi connectivity index (χ4v) is 3.80. The van der Waals surface area contributed by atoms with E-state index in [9.17, 15) is 0 Å². The Labute approximate surface area is 232 Å². The van der Waals surface area contributed by atoms with Crippen LogP contribution in [0.2, 0.25) is 0 Å². The summed E-state index contributed by atoms with van der Waals surface area (Å²) in [6.07, 6.45) is 3.36. The number of hydrogen-bond acceptors (Lipinski definition) is 0. The molecule has 0 nitrogen and oxygen atoms in total. The molecule has 0 heterocycles. The molecule has 0 saturated heterocycles. The van der Waals surface area contributed by atoms with Gasteiger partial charge in [0.2, 0.25) is 0 Å². The van der Waals surface area contributed by atoms with Crippen molar-refractivity contribution in [1.82, 2.24) is 0 Å². The number of benzene rings is 2. The number of halogens is 2. The van der Waals surface area contributed by atoms with E-state index in [1.807, 2.05) is 0 Å². The van der Waals surface area contributed by atoms with Crippen LogP contribution >= 0.6 is 24.8 Å². The van der Waals surface area contributed by atoms with E-state index in [4.69, 9.17) is 0 Å². The molecule has 1 atom stereocenters. The van der Waals surface area contributed by atoms with Crippen molar-refractivity contribution in [2.24, 2.45) is 5.92 Å². The molecule has 0 saturated carbocycles. The van der Waals surface area contributed by atoms with Crippen molar-refractivity contribution in [3.63, 3.8) is 0 Å². The number of fused-ring (bicyclic) bond motifs is 1. The van der Waals surface area contributed by atoms with Gasteiger partial charge in [0.15, 0.2) is 0 Å². The summed E-state index contributed by atoms with van der Waals surface area (Å²) in [5, 5.41) is 2.67. The monoisotopic (exact) mass is 574 g/mol. The Balaban J connectivity index is -0.000000522. The van der Waals surface area contributed by atoms with E-state index in [0.717, 1.165) is 0 Å². The summed E-state index contributed by atoms with van der Waals surface area (Å²) in [4.78, 5) is 0. The van der Waals surface area contributed by atoms with Gasteiger partial charge in [0.25, 0.3) is 0 Å². The van der Waals surface area contributed by atoms with E-state index in [1.54, 1.807) is 0 Å². The van der Waals surface area contributed by atoms with E-state index < -0.39 is 0 Å². The molecule has 1 aliphatic carbocycles. The fourth-order valence-electron chi connectivity index (χ4n) is 3.80. The van der Waals surface area contributed by atoms with E-state index >= 15 is 0 Å². The summed E-state index contributed by atoms with van der Waals surface area (Å²) < 4.78 is 0. The minimum absolute atomic E-state index is 0. The van der Waals surface area contributed by atoms with Crippen molar-refractivity contribution < 1.29 is 23.3 Å². The average molecular weight is 577 g/mol. The molecule has 2 radical (unpaired) electrons. The summed E-state index contributed by atoms with van der Waals surface area (Å²) >= 11 is 1.36. The van der Waals surface area contributed by atoms with Crippen LogP contribution in [0.5, 0.6) is 0 Å². The number of hydrogen-bond donors (Lipinski definition) is 0. The van der Waals surface area contributed by atoms with Crippen LogP contribution in [0.15, 0.2) is 65.3 Å². The maximum atomic E-state index is 3.36. The third kappa shape index (κ3) is 8.74. The van der Waals surface area contributed by atoms with Gasteiger partial charge in [0.1, 0.15) is 0 Å². The molecule has 0 bridgehead atoms. The zero-order valence-electron chi connectivity index (χ0n) is 21.5. The van der Waals surface area contributed by atoms with Crippen molar-refractivity contribution in [2.45, 2.75) is 48.5 Å². The third-order valence-corrected chi connectivity index (χ3v) is 6.05. The molecule has 0 aromatic heterocycles. The van der Waals surface area contributed by atoms with Crippen LogP contribution in [0, 0.1) is 47.6 Å². The molecule has 33 heavy (non-hydrogen) atoms. The topological polar surface area (TPSA) is 0 Å². The third-order valence-electron chi connectivity index (χ3n) is 6.05.